The number of piperidine rings is 1. The Kier molecular flexibility index (Phi) is 6.57. The smallest absolute Gasteiger partial charge is 0.339 e. The van der Waals surface area contributed by atoms with Crippen molar-refractivity contribution in [2.75, 3.05) is 22.1 Å². The van der Waals surface area contributed by atoms with Crippen LogP contribution in [0.25, 0.3) is 0 Å². The number of carbonyl (C=O) groups is 2. The Hall–Kier alpha value is -3.08. The molecule has 2 amide bonds. The quantitative estimate of drug-likeness (QED) is 0.584. The van der Waals surface area contributed by atoms with Crippen molar-refractivity contribution < 1.29 is 22.8 Å². The molecule has 0 spiro atoms. The largest absolute Gasteiger partial charge is 0.417 e. The van der Waals surface area contributed by atoms with Crippen LogP contribution in [0.1, 0.15) is 56.1 Å². The van der Waals surface area contributed by atoms with Crippen molar-refractivity contribution in [3.63, 3.8) is 0 Å². The minimum Gasteiger partial charge on any atom is -0.339 e. The van der Waals surface area contributed by atoms with Crippen LogP contribution in [0, 0.1) is 0 Å². The normalized spacial score (nSPS) is 20.5. The van der Waals surface area contributed by atoms with Crippen LogP contribution in [-0.2, 0) is 15.8 Å². The summed E-state index contributed by atoms with van der Waals surface area (Å²) in [6.45, 7) is 2.75. The molecule has 34 heavy (non-hydrogen) atoms. The fourth-order valence-electron chi connectivity index (χ4n) is 4.47. The first-order valence-corrected chi connectivity index (χ1v) is 11.3. The molecule has 1 fully saturated rings. The van der Waals surface area contributed by atoms with Crippen molar-refractivity contribution in [2.24, 2.45) is 0 Å². The first-order chi connectivity index (χ1) is 16.1. The number of hydrogen-bond acceptors (Lipinski definition) is 5. The average Bonchev–Trinajstić information content (AvgIpc) is 2.78. The van der Waals surface area contributed by atoms with Gasteiger partial charge < -0.3 is 15.5 Å². The molecular formula is C22H23ClF3N5O3. The lowest BCUT2D eigenvalue weighted by Crippen LogP contribution is -2.43. The minimum atomic E-state index is -4.71. The van der Waals surface area contributed by atoms with Gasteiger partial charge in [0.1, 0.15) is 5.82 Å². The zero-order chi connectivity index (χ0) is 24.6. The SMILES string of the molecule is CC[C@H]1CCCCN1c1nc2c(c(=O)[nH]1)[C@@H](C(=O)Nc1ccc(Cl)c(C(F)(F)F)c1)CC(=O)N2. The second kappa shape index (κ2) is 9.28. The summed E-state index contributed by atoms with van der Waals surface area (Å²) >= 11 is 5.63. The molecule has 182 valence electrons. The number of amides is 2. The zero-order valence-corrected chi connectivity index (χ0v) is 19.0. The maximum absolute atomic E-state index is 13.2. The number of hydrogen-bond donors (Lipinski definition) is 3. The molecule has 3 N–H and O–H groups in total. The topological polar surface area (TPSA) is 107 Å². The molecule has 0 radical (unpaired) electrons. The first-order valence-electron chi connectivity index (χ1n) is 11.0. The molecule has 1 aromatic carbocycles. The van der Waals surface area contributed by atoms with E-state index in [9.17, 15) is 27.6 Å². The van der Waals surface area contributed by atoms with Gasteiger partial charge in [-0.15, -0.1) is 0 Å². The lowest BCUT2D eigenvalue weighted by atomic mass is 9.92. The molecule has 1 saturated heterocycles. The average molecular weight is 498 g/mol. The van der Waals surface area contributed by atoms with Crippen LogP contribution in [-0.4, -0.2) is 34.4 Å². The molecule has 0 unspecified atom stereocenters. The number of halogens is 4. The number of aromatic nitrogens is 2. The lowest BCUT2D eigenvalue weighted by molar-refractivity contribution is -0.137. The number of nitrogens with zero attached hydrogens (tertiary/aromatic N) is 2. The van der Waals surface area contributed by atoms with Gasteiger partial charge in [0, 0.05) is 24.7 Å². The summed E-state index contributed by atoms with van der Waals surface area (Å²) in [5, 5.41) is 4.41. The molecule has 0 aliphatic carbocycles. The van der Waals surface area contributed by atoms with E-state index < -0.39 is 40.1 Å². The van der Waals surface area contributed by atoms with Crippen LogP contribution in [0.4, 0.5) is 30.6 Å². The van der Waals surface area contributed by atoms with Gasteiger partial charge in [0.25, 0.3) is 5.56 Å². The Morgan fingerprint density at radius 1 is 1.29 bits per heavy atom. The van der Waals surface area contributed by atoms with E-state index >= 15 is 0 Å². The Balaban J connectivity index is 1.65. The van der Waals surface area contributed by atoms with Crippen molar-refractivity contribution in [1.82, 2.24) is 9.97 Å². The fraction of sp³-hybridized carbons (Fsp3) is 0.455. The van der Waals surface area contributed by atoms with Gasteiger partial charge in [0.2, 0.25) is 17.8 Å². The summed E-state index contributed by atoms with van der Waals surface area (Å²) in [5.41, 5.74) is -1.87. The number of nitrogens with one attached hydrogen (secondary N) is 3. The Morgan fingerprint density at radius 2 is 2.06 bits per heavy atom. The summed E-state index contributed by atoms with van der Waals surface area (Å²) in [5.74, 6) is -2.22. The molecule has 2 atom stereocenters. The molecule has 3 heterocycles. The summed E-state index contributed by atoms with van der Waals surface area (Å²) in [7, 11) is 0. The number of benzene rings is 1. The Labute approximate surface area is 197 Å². The van der Waals surface area contributed by atoms with Gasteiger partial charge >= 0.3 is 6.18 Å². The minimum absolute atomic E-state index is 0.0114. The molecule has 2 aromatic rings. The summed E-state index contributed by atoms with van der Waals surface area (Å²) in [6.07, 6.45) is -1.23. The molecule has 4 rings (SSSR count). The third-order valence-electron chi connectivity index (χ3n) is 6.16. The highest BCUT2D eigenvalue weighted by Crippen LogP contribution is 2.37. The second-order valence-corrected chi connectivity index (χ2v) is 8.80. The predicted octanol–water partition coefficient (Wildman–Crippen LogP) is 4.28. The van der Waals surface area contributed by atoms with Gasteiger partial charge in [0.05, 0.1) is 22.1 Å². The summed E-state index contributed by atoms with van der Waals surface area (Å²) in [6, 6.07) is 3.13. The van der Waals surface area contributed by atoms with Crippen molar-refractivity contribution in [1.29, 1.82) is 0 Å². The summed E-state index contributed by atoms with van der Waals surface area (Å²) in [4.78, 5) is 47.4. The number of rotatable bonds is 4. The number of carbonyl (C=O) groups excluding carboxylic acids is 2. The van der Waals surface area contributed by atoms with Gasteiger partial charge in [0.15, 0.2) is 0 Å². The lowest BCUT2D eigenvalue weighted by Gasteiger charge is -2.36. The molecule has 0 saturated carbocycles. The van der Waals surface area contributed by atoms with Gasteiger partial charge in [-0.05, 0) is 43.9 Å². The monoisotopic (exact) mass is 497 g/mol. The molecule has 1 aromatic heterocycles. The van der Waals surface area contributed by atoms with E-state index in [0.29, 0.717) is 18.6 Å². The number of anilines is 3. The fourth-order valence-corrected chi connectivity index (χ4v) is 4.70. The van der Waals surface area contributed by atoms with E-state index in [1.807, 2.05) is 11.8 Å². The van der Waals surface area contributed by atoms with Crippen LogP contribution in [0.3, 0.4) is 0 Å². The van der Waals surface area contributed by atoms with E-state index in [-0.39, 0.29) is 29.5 Å². The van der Waals surface area contributed by atoms with Crippen LogP contribution in [0.5, 0.6) is 0 Å². The van der Waals surface area contributed by atoms with Gasteiger partial charge in [-0.3, -0.25) is 19.4 Å². The second-order valence-electron chi connectivity index (χ2n) is 8.39. The van der Waals surface area contributed by atoms with Gasteiger partial charge in [-0.1, -0.05) is 18.5 Å². The van der Waals surface area contributed by atoms with Crippen LogP contribution in [0.2, 0.25) is 5.02 Å². The number of alkyl halides is 3. The van der Waals surface area contributed by atoms with E-state index in [4.69, 9.17) is 11.6 Å². The predicted molar refractivity (Wildman–Crippen MR) is 121 cm³/mol. The van der Waals surface area contributed by atoms with Crippen molar-refractivity contribution in [3.05, 3.63) is 44.7 Å². The molecule has 8 nitrogen and oxygen atoms in total. The molecule has 12 heteroatoms. The zero-order valence-electron chi connectivity index (χ0n) is 18.3. The standard InChI is InChI=1S/C22H23ClF3N5O3/c1-2-12-5-3-4-8-31(12)21-29-18-17(20(34)30-21)13(10-16(32)28-18)19(33)27-11-6-7-15(23)14(9-11)22(24,25)26/h6-7,9,12-13H,2-5,8,10H2,1H3,(H,27,33)(H2,28,29,30,32,34)/t12-,13-/m0/s1. The number of fused-ring (bicyclic) bond motifs is 1. The number of aromatic amines is 1. The van der Waals surface area contributed by atoms with Crippen molar-refractivity contribution in [2.45, 2.75) is 57.2 Å². The first kappa shape index (κ1) is 24.1. The Morgan fingerprint density at radius 3 is 2.76 bits per heavy atom. The highest BCUT2D eigenvalue weighted by Gasteiger charge is 2.37. The van der Waals surface area contributed by atoms with Crippen molar-refractivity contribution in [3.8, 4) is 0 Å². The van der Waals surface area contributed by atoms with E-state index in [2.05, 4.69) is 20.6 Å². The molecule has 0 bridgehead atoms. The van der Waals surface area contributed by atoms with E-state index in [1.165, 1.54) is 6.07 Å². The van der Waals surface area contributed by atoms with Crippen LogP contribution < -0.4 is 21.1 Å². The van der Waals surface area contributed by atoms with Crippen LogP contribution in [0.15, 0.2) is 23.0 Å². The molecular weight excluding hydrogens is 475 g/mol. The highest BCUT2D eigenvalue weighted by molar-refractivity contribution is 6.31. The number of H-pyrrole nitrogens is 1. The maximum atomic E-state index is 13.2. The van der Waals surface area contributed by atoms with Gasteiger partial charge in [-0.2, -0.15) is 18.2 Å². The third kappa shape index (κ3) is 4.75. The highest BCUT2D eigenvalue weighted by atomic mass is 35.5. The van der Waals surface area contributed by atoms with Gasteiger partial charge in [-0.25, -0.2) is 0 Å². The summed E-state index contributed by atoms with van der Waals surface area (Å²) < 4.78 is 39.5. The maximum Gasteiger partial charge on any atom is 0.417 e. The van der Waals surface area contributed by atoms with Crippen molar-refractivity contribution >= 4 is 40.9 Å². The third-order valence-corrected chi connectivity index (χ3v) is 6.49. The molecule has 2 aliphatic rings. The van der Waals surface area contributed by atoms with E-state index in [1.54, 1.807) is 0 Å². The van der Waals surface area contributed by atoms with Crippen LogP contribution >= 0.6 is 11.6 Å². The van der Waals surface area contributed by atoms with E-state index in [0.717, 1.165) is 31.7 Å². The Bertz CT molecular complexity index is 1180. The molecule has 2 aliphatic heterocycles.